The summed E-state index contributed by atoms with van der Waals surface area (Å²) in [4.78, 5) is 14.9. The molecule has 1 aliphatic heterocycles. The Hall–Kier alpha value is -2.31. The maximum absolute atomic E-state index is 5.75. The summed E-state index contributed by atoms with van der Waals surface area (Å²) in [5, 5.41) is 3.16. The number of nitrogens with two attached hydrogens (primary N) is 1. The second kappa shape index (κ2) is 5.77. The van der Waals surface area contributed by atoms with Gasteiger partial charge in [-0.05, 0) is 25.0 Å². The minimum Gasteiger partial charge on any atom is -0.469 e. The van der Waals surface area contributed by atoms with Crippen molar-refractivity contribution in [3.05, 3.63) is 24.2 Å². The van der Waals surface area contributed by atoms with Gasteiger partial charge in [0.2, 0.25) is 17.8 Å². The van der Waals surface area contributed by atoms with Crippen LogP contribution in [-0.2, 0) is 6.42 Å². The monoisotopic (exact) mass is 274 g/mol. The fourth-order valence-corrected chi connectivity index (χ4v) is 2.27. The zero-order chi connectivity index (χ0) is 13.8. The number of rotatable bonds is 5. The summed E-state index contributed by atoms with van der Waals surface area (Å²) in [6, 6.07) is 3.82. The van der Waals surface area contributed by atoms with Gasteiger partial charge < -0.3 is 20.4 Å². The molecule has 3 N–H and O–H groups in total. The predicted molar refractivity (Wildman–Crippen MR) is 76.6 cm³/mol. The Morgan fingerprint density at radius 3 is 2.85 bits per heavy atom. The topological polar surface area (TPSA) is 93.1 Å². The van der Waals surface area contributed by atoms with Crippen molar-refractivity contribution in [2.75, 3.05) is 35.6 Å². The summed E-state index contributed by atoms with van der Waals surface area (Å²) in [5.41, 5.74) is 5.75. The van der Waals surface area contributed by atoms with Crippen LogP contribution in [0.4, 0.5) is 17.8 Å². The number of nitrogen functional groups attached to an aromatic ring is 1. The molecular weight excluding hydrogens is 256 g/mol. The van der Waals surface area contributed by atoms with Crippen molar-refractivity contribution in [2.45, 2.75) is 19.3 Å². The number of nitrogens with one attached hydrogen (secondary N) is 1. The molecule has 20 heavy (non-hydrogen) atoms. The first kappa shape index (κ1) is 12.7. The van der Waals surface area contributed by atoms with Gasteiger partial charge in [-0.3, -0.25) is 0 Å². The van der Waals surface area contributed by atoms with E-state index in [9.17, 15) is 0 Å². The first-order valence-corrected chi connectivity index (χ1v) is 6.84. The molecule has 7 heteroatoms. The minimum absolute atomic E-state index is 0.252. The van der Waals surface area contributed by atoms with Crippen LogP contribution in [0.1, 0.15) is 18.6 Å². The van der Waals surface area contributed by atoms with E-state index >= 15 is 0 Å². The number of aromatic nitrogens is 3. The second-order valence-corrected chi connectivity index (χ2v) is 4.77. The Morgan fingerprint density at radius 2 is 2.10 bits per heavy atom. The largest absolute Gasteiger partial charge is 0.469 e. The Bertz CT molecular complexity index is 550. The molecular formula is C13H18N6O. The molecule has 1 aliphatic rings. The smallest absolute Gasteiger partial charge is 0.231 e. The average Bonchev–Trinajstić information content (AvgIpc) is 3.11. The zero-order valence-electron chi connectivity index (χ0n) is 11.2. The molecule has 2 aromatic heterocycles. The number of nitrogens with zero attached hydrogens (tertiary/aromatic N) is 4. The summed E-state index contributed by atoms with van der Waals surface area (Å²) >= 11 is 0. The van der Waals surface area contributed by atoms with E-state index in [0.717, 1.165) is 25.3 Å². The average molecular weight is 274 g/mol. The lowest BCUT2D eigenvalue weighted by molar-refractivity contribution is 0.512. The van der Waals surface area contributed by atoms with E-state index in [4.69, 9.17) is 10.2 Å². The first-order valence-electron chi connectivity index (χ1n) is 6.84. The van der Waals surface area contributed by atoms with Gasteiger partial charge in [-0.2, -0.15) is 15.0 Å². The van der Waals surface area contributed by atoms with Gasteiger partial charge in [0.1, 0.15) is 5.76 Å². The van der Waals surface area contributed by atoms with Crippen LogP contribution < -0.4 is 16.0 Å². The minimum atomic E-state index is 0.252. The van der Waals surface area contributed by atoms with Gasteiger partial charge in [-0.15, -0.1) is 0 Å². The van der Waals surface area contributed by atoms with Crippen molar-refractivity contribution in [1.82, 2.24) is 15.0 Å². The molecule has 1 fully saturated rings. The summed E-state index contributed by atoms with van der Waals surface area (Å²) in [6.07, 6.45) is 4.79. The van der Waals surface area contributed by atoms with Crippen molar-refractivity contribution in [3.63, 3.8) is 0 Å². The second-order valence-electron chi connectivity index (χ2n) is 4.77. The van der Waals surface area contributed by atoms with Crippen LogP contribution in [0.15, 0.2) is 22.8 Å². The van der Waals surface area contributed by atoms with E-state index in [-0.39, 0.29) is 5.95 Å². The summed E-state index contributed by atoms with van der Waals surface area (Å²) in [5.74, 6) is 2.36. The molecule has 0 amide bonds. The van der Waals surface area contributed by atoms with Crippen LogP contribution in [-0.4, -0.2) is 34.6 Å². The Balaban J connectivity index is 1.63. The number of hydrogen-bond acceptors (Lipinski definition) is 7. The number of hydrogen-bond donors (Lipinski definition) is 2. The third kappa shape index (κ3) is 2.98. The van der Waals surface area contributed by atoms with Crippen LogP contribution in [0, 0.1) is 0 Å². The molecule has 3 heterocycles. The van der Waals surface area contributed by atoms with E-state index in [1.54, 1.807) is 6.26 Å². The van der Waals surface area contributed by atoms with Crippen molar-refractivity contribution >= 4 is 17.8 Å². The summed E-state index contributed by atoms with van der Waals surface area (Å²) < 4.78 is 5.27. The van der Waals surface area contributed by atoms with Gasteiger partial charge in [-0.25, -0.2) is 0 Å². The Morgan fingerprint density at radius 1 is 1.25 bits per heavy atom. The molecule has 7 nitrogen and oxygen atoms in total. The third-order valence-corrected chi connectivity index (χ3v) is 3.26. The number of anilines is 3. The molecule has 0 unspecified atom stereocenters. The van der Waals surface area contributed by atoms with Crippen molar-refractivity contribution < 1.29 is 4.42 Å². The van der Waals surface area contributed by atoms with Crippen LogP contribution >= 0.6 is 0 Å². The first-order chi connectivity index (χ1) is 9.81. The standard InChI is InChI=1S/C13H18N6O/c14-11-16-12(15-6-5-10-4-3-9-20-10)18-13(17-11)19-7-1-2-8-19/h3-4,9H,1-2,5-8H2,(H3,14,15,16,17,18). The van der Waals surface area contributed by atoms with E-state index in [1.165, 1.54) is 12.8 Å². The summed E-state index contributed by atoms with van der Waals surface area (Å²) in [6.45, 7) is 2.65. The van der Waals surface area contributed by atoms with Crippen LogP contribution in [0.5, 0.6) is 0 Å². The fourth-order valence-electron chi connectivity index (χ4n) is 2.27. The Kier molecular flexibility index (Phi) is 3.67. The lowest BCUT2D eigenvalue weighted by atomic mass is 10.3. The molecule has 0 aliphatic carbocycles. The molecule has 0 aromatic carbocycles. The van der Waals surface area contributed by atoms with Crippen molar-refractivity contribution in [1.29, 1.82) is 0 Å². The van der Waals surface area contributed by atoms with E-state index in [0.29, 0.717) is 18.4 Å². The van der Waals surface area contributed by atoms with Crippen molar-refractivity contribution in [2.24, 2.45) is 0 Å². The predicted octanol–water partition coefficient (Wildman–Crippen LogP) is 1.30. The lowest BCUT2D eigenvalue weighted by Gasteiger charge is -2.15. The maximum Gasteiger partial charge on any atom is 0.231 e. The van der Waals surface area contributed by atoms with Crippen molar-refractivity contribution in [3.8, 4) is 0 Å². The van der Waals surface area contributed by atoms with Gasteiger partial charge in [-0.1, -0.05) is 0 Å². The molecule has 0 atom stereocenters. The maximum atomic E-state index is 5.75. The highest BCUT2D eigenvalue weighted by molar-refractivity contribution is 5.42. The normalized spacial score (nSPS) is 14.7. The van der Waals surface area contributed by atoms with E-state index in [2.05, 4.69) is 25.2 Å². The van der Waals surface area contributed by atoms with E-state index < -0.39 is 0 Å². The van der Waals surface area contributed by atoms with Crippen LogP contribution in [0.3, 0.4) is 0 Å². The van der Waals surface area contributed by atoms with Gasteiger partial charge >= 0.3 is 0 Å². The molecule has 3 rings (SSSR count). The van der Waals surface area contributed by atoms with E-state index in [1.807, 2.05) is 12.1 Å². The highest BCUT2D eigenvalue weighted by Gasteiger charge is 2.16. The SMILES string of the molecule is Nc1nc(NCCc2ccco2)nc(N2CCCC2)n1. The quantitative estimate of drug-likeness (QED) is 0.848. The zero-order valence-corrected chi connectivity index (χ0v) is 11.2. The van der Waals surface area contributed by atoms with Gasteiger partial charge in [0.25, 0.3) is 0 Å². The van der Waals surface area contributed by atoms with Gasteiger partial charge in [0, 0.05) is 26.1 Å². The molecule has 0 spiro atoms. The Labute approximate surface area is 117 Å². The lowest BCUT2D eigenvalue weighted by Crippen LogP contribution is -2.22. The summed E-state index contributed by atoms with van der Waals surface area (Å²) in [7, 11) is 0. The van der Waals surface area contributed by atoms with Crippen LogP contribution in [0.2, 0.25) is 0 Å². The molecule has 0 bridgehead atoms. The highest BCUT2D eigenvalue weighted by atomic mass is 16.3. The fraction of sp³-hybridized carbons (Fsp3) is 0.462. The van der Waals surface area contributed by atoms with Gasteiger partial charge in [0.05, 0.1) is 6.26 Å². The molecule has 2 aromatic rings. The molecule has 1 saturated heterocycles. The van der Waals surface area contributed by atoms with Gasteiger partial charge in [0.15, 0.2) is 0 Å². The molecule has 106 valence electrons. The molecule has 0 radical (unpaired) electrons. The highest BCUT2D eigenvalue weighted by Crippen LogP contribution is 2.17. The third-order valence-electron chi connectivity index (χ3n) is 3.26. The molecule has 0 saturated carbocycles. The van der Waals surface area contributed by atoms with Crippen LogP contribution in [0.25, 0.3) is 0 Å². The number of furan rings is 1.